The van der Waals surface area contributed by atoms with Crippen LogP contribution in [0.5, 0.6) is 0 Å². The molecule has 5 rings (SSSR count). The van der Waals surface area contributed by atoms with Gasteiger partial charge in [-0.3, -0.25) is 9.69 Å². The molecular formula is C26H35N5OS. The number of carbonyl (C=O) groups excluding carboxylic acids is 1. The summed E-state index contributed by atoms with van der Waals surface area (Å²) in [7, 11) is 2.24. The van der Waals surface area contributed by atoms with E-state index in [1.807, 2.05) is 0 Å². The van der Waals surface area contributed by atoms with Crippen molar-refractivity contribution in [3.63, 3.8) is 0 Å². The summed E-state index contributed by atoms with van der Waals surface area (Å²) in [5.41, 5.74) is 2.47. The molecule has 3 atom stereocenters. The second-order valence-electron chi connectivity index (χ2n) is 10.4. The highest BCUT2D eigenvalue weighted by molar-refractivity contribution is 7.17. The van der Waals surface area contributed by atoms with Crippen LogP contribution in [-0.4, -0.2) is 58.1 Å². The number of anilines is 1. The van der Waals surface area contributed by atoms with Gasteiger partial charge in [-0.05, 0) is 56.2 Å². The van der Waals surface area contributed by atoms with Gasteiger partial charge in [-0.15, -0.1) is 10.2 Å². The van der Waals surface area contributed by atoms with Gasteiger partial charge in [0.15, 0.2) is 10.8 Å². The number of piperazine rings is 1. The first-order valence-corrected chi connectivity index (χ1v) is 13.2. The third-order valence-electron chi connectivity index (χ3n) is 7.58. The number of carbonyl (C=O) groups is 1. The second-order valence-corrected chi connectivity index (χ2v) is 11.3. The Morgan fingerprint density at radius 3 is 2.67 bits per heavy atom. The largest absolute Gasteiger partial charge is 0.361 e. The molecule has 3 unspecified atom stereocenters. The lowest BCUT2D eigenvalue weighted by Crippen LogP contribution is -2.52. The van der Waals surface area contributed by atoms with Crippen LogP contribution in [0.15, 0.2) is 30.5 Å². The summed E-state index contributed by atoms with van der Waals surface area (Å²) in [5.74, 6) is 1.08. The number of nitrogens with one attached hydrogen (secondary N) is 1. The number of H-pyrrole nitrogens is 1. The van der Waals surface area contributed by atoms with Crippen LogP contribution in [-0.2, 0) is 6.42 Å². The fourth-order valence-corrected chi connectivity index (χ4v) is 6.34. The number of para-hydroxylation sites is 1. The van der Waals surface area contributed by atoms with Crippen molar-refractivity contribution >= 4 is 33.2 Å². The fourth-order valence-electron chi connectivity index (χ4n) is 5.53. The van der Waals surface area contributed by atoms with E-state index in [9.17, 15) is 4.79 Å². The molecule has 0 spiro atoms. The molecule has 7 heteroatoms. The third-order valence-corrected chi connectivity index (χ3v) is 8.61. The van der Waals surface area contributed by atoms with Crippen LogP contribution in [0.2, 0.25) is 0 Å². The summed E-state index contributed by atoms with van der Waals surface area (Å²) in [6.45, 7) is 6.50. The van der Waals surface area contributed by atoms with Crippen molar-refractivity contribution < 1.29 is 4.79 Å². The van der Waals surface area contributed by atoms with Crippen molar-refractivity contribution in [3.05, 3.63) is 41.0 Å². The van der Waals surface area contributed by atoms with Crippen LogP contribution in [0.4, 0.5) is 5.13 Å². The van der Waals surface area contributed by atoms with Gasteiger partial charge >= 0.3 is 0 Å². The van der Waals surface area contributed by atoms with Gasteiger partial charge in [0.05, 0.1) is 0 Å². The summed E-state index contributed by atoms with van der Waals surface area (Å²) in [6, 6.07) is 9.62. The SMILES string of the molecule is CC(C)CCC(CC(=O)c1nnc(N2CC3CCC(C2)N3C)s1)Cc1c[nH]c2ccccc12. The predicted molar refractivity (Wildman–Crippen MR) is 135 cm³/mol. The summed E-state index contributed by atoms with van der Waals surface area (Å²) in [6.07, 6.45) is 8.26. The Labute approximate surface area is 200 Å². The maximum Gasteiger partial charge on any atom is 0.208 e. The minimum Gasteiger partial charge on any atom is -0.361 e. The normalized spacial score (nSPS) is 21.9. The molecule has 0 aliphatic carbocycles. The number of aromatic nitrogens is 3. The minimum absolute atomic E-state index is 0.143. The summed E-state index contributed by atoms with van der Waals surface area (Å²) >= 11 is 1.49. The van der Waals surface area contributed by atoms with Crippen molar-refractivity contribution in [1.82, 2.24) is 20.1 Å². The first-order valence-electron chi connectivity index (χ1n) is 12.4. The van der Waals surface area contributed by atoms with E-state index in [1.54, 1.807) is 0 Å². The Kier molecular flexibility index (Phi) is 6.52. The highest BCUT2D eigenvalue weighted by Gasteiger charge is 2.38. The number of fused-ring (bicyclic) bond motifs is 3. The van der Waals surface area contributed by atoms with E-state index in [2.05, 4.69) is 76.3 Å². The maximum atomic E-state index is 13.3. The molecule has 2 aliphatic heterocycles. The van der Waals surface area contributed by atoms with E-state index in [-0.39, 0.29) is 5.78 Å². The molecule has 2 saturated heterocycles. The molecule has 33 heavy (non-hydrogen) atoms. The average molecular weight is 466 g/mol. The van der Waals surface area contributed by atoms with Crippen LogP contribution in [0.1, 0.15) is 61.3 Å². The number of nitrogens with zero attached hydrogens (tertiary/aromatic N) is 4. The molecule has 2 aromatic heterocycles. The predicted octanol–water partition coefficient (Wildman–Crippen LogP) is 5.17. The molecule has 0 saturated carbocycles. The van der Waals surface area contributed by atoms with E-state index < -0.39 is 0 Å². The zero-order valence-corrected chi connectivity index (χ0v) is 20.8. The first-order chi connectivity index (χ1) is 16.0. The number of Topliss-reactive ketones (excluding diaryl/α,β-unsaturated/α-hetero) is 1. The number of rotatable bonds is 9. The Balaban J connectivity index is 1.27. The fraction of sp³-hybridized carbons (Fsp3) is 0.577. The van der Waals surface area contributed by atoms with Crippen LogP contribution in [0.25, 0.3) is 10.9 Å². The molecule has 2 fully saturated rings. The average Bonchev–Trinajstić information content (AvgIpc) is 3.49. The molecule has 3 aromatic rings. The van der Waals surface area contributed by atoms with Gasteiger partial charge in [0, 0.05) is 48.7 Å². The Morgan fingerprint density at radius 1 is 1.15 bits per heavy atom. The lowest BCUT2D eigenvalue weighted by atomic mass is 9.88. The smallest absolute Gasteiger partial charge is 0.208 e. The molecule has 1 N–H and O–H groups in total. The number of hydrogen-bond acceptors (Lipinski definition) is 6. The number of ketones is 1. The van der Waals surface area contributed by atoms with Crippen LogP contribution in [0.3, 0.4) is 0 Å². The quantitative estimate of drug-likeness (QED) is 0.442. The molecule has 6 nitrogen and oxygen atoms in total. The van der Waals surface area contributed by atoms with Gasteiger partial charge in [0.1, 0.15) is 0 Å². The Bertz CT molecular complexity index is 1090. The standard InChI is InChI=1S/C26H35N5OS/c1-17(2)8-9-18(12-19-14-27-23-7-5-4-6-22(19)23)13-24(32)25-28-29-26(33-25)31-15-20-10-11-21(16-31)30(20)3/h4-7,14,17-18,20-21,27H,8-13,15-16H2,1-3H3. The van der Waals surface area contributed by atoms with Gasteiger partial charge in [0.25, 0.3) is 0 Å². The van der Waals surface area contributed by atoms with E-state index in [4.69, 9.17) is 0 Å². The van der Waals surface area contributed by atoms with Gasteiger partial charge in [-0.25, -0.2) is 0 Å². The summed E-state index contributed by atoms with van der Waals surface area (Å²) in [4.78, 5) is 21.5. The van der Waals surface area contributed by atoms with Crippen molar-refractivity contribution in [3.8, 4) is 0 Å². The van der Waals surface area contributed by atoms with Gasteiger partial charge < -0.3 is 9.88 Å². The maximum absolute atomic E-state index is 13.3. The number of likely N-dealkylation sites (N-methyl/N-ethyl adjacent to an activating group) is 1. The summed E-state index contributed by atoms with van der Waals surface area (Å²) < 4.78 is 0. The van der Waals surface area contributed by atoms with Gasteiger partial charge in [-0.1, -0.05) is 49.8 Å². The second kappa shape index (κ2) is 9.55. The molecule has 2 bridgehead atoms. The van der Waals surface area contributed by atoms with Crippen molar-refractivity contribution in [2.24, 2.45) is 11.8 Å². The lowest BCUT2D eigenvalue weighted by Gasteiger charge is -2.38. The number of aromatic amines is 1. The molecule has 2 aliphatic rings. The highest BCUT2D eigenvalue weighted by atomic mass is 32.1. The van der Waals surface area contributed by atoms with E-state index in [0.717, 1.165) is 43.0 Å². The molecule has 176 valence electrons. The third kappa shape index (κ3) is 4.85. The van der Waals surface area contributed by atoms with Crippen LogP contribution >= 0.6 is 11.3 Å². The zero-order chi connectivity index (χ0) is 22.9. The van der Waals surface area contributed by atoms with Crippen molar-refractivity contribution in [2.75, 3.05) is 25.0 Å². The minimum atomic E-state index is 0.143. The lowest BCUT2D eigenvalue weighted by molar-refractivity contribution is 0.0956. The number of hydrogen-bond donors (Lipinski definition) is 1. The Hall–Kier alpha value is -2.25. The van der Waals surface area contributed by atoms with Gasteiger partial charge in [0.2, 0.25) is 5.13 Å². The van der Waals surface area contributed by atoms with Gasteiger partial charge in [-0.2, -0.15) is 0 Å². The zero-order valence-electron chi connectivity index (χ0n) is 20.0. The molecular weight excluding hydrogens is 430 g/mol. The van der Waals surface area contributed by atoms with Crippen LogP contribution in [0, 0.1) is 11.8 Å². The van der Waals surface area contributed by atoms with Crippen molar-refractivity contribution in [1.29, 1.82) is 0 Å². The van der Waals surface area contributed by atoms with E-state index >= 15 is 0 Å². The molecule has 0 radical (unpaired) electrons. The topological polar surface area (TPSA) is 65.1 Å². The molecule has 1 aromatic carbocycles. The Morgan fingerprint density at radius 2 is 1.91 bits per heavy atom. The van der Waals surface area contributed by atoms with E-state index in [0.29, 0.717) is 35.3 Å². The monoisotopic (exact) mass is 465 g/mol. The van der Waals surface area contributed by atoms with Crippen LogP contribution < -0.4 is 4.90 Å². The van der Waals surface area contributed by atoms with E-state index in [1.165, 1.54) is 35.1 Å². The molecule has 0 amide bonds. The first kappa shape index (κ1) is 22.5. The summed E-state index contributed by atoms with van der Waals surface area (Å²) in [5, 5.41) is 11.5. The number of benzene rings is 1. The molecule has 4 heterocycles. The van der Waals surface area contributed by atoms with Crippen molar-refractivity contribution in [2.45, 2.75) is 64.5 Å². The highest BCUT2D eigenvalue weighted by Crippen LogP contribution is 2.33.